The van der Waals surface area contributed by atoms with E-state index in [0.29, 0.717) is 19.3 Å². The molecule has 0 spiro atoms. The third-order valence-corrected chi connectivity index (χ3v) is 11.2. The maximum absolute atomic E-state index is 12.8. The highest BCUT2D eigenvalue weighted by Gasteiger charge is 2.19. The van der Waals surface area contributed by atoms with Crippen molar-refractivity contribution in [2.45, 2.75) is 271 Å². The standard InChI is InChI=1S/C53H96O6/c1-4-7-10-13-16-19-22-25-26-29-31-34-37-40-43-46-52(55)58-49-50(59-53(56)47-44-41-38-35-32-28-24-21-18-15-12-9-6-3)48-57-51(54)45-42-39-36-33-30-27-23-20-17-14-11-8-5-2/h9,12,18,21,28,32,50H,4-8,10-11,13-17,19-20,22-27,29-31,33-49H2,1-3H3/b12-9-,21-18-,32-28-. The van der Waals surface area contributed by atoms with Crippen molar-refractivity contribution in [1.82, 2.24) is 0 Å². The molecule has 0 radical (unpaired) electrons. The lowest BCUT2D eigenvalue weighted by Gasteiger charge is -2.18. The molecule has 0 fully saturated rings. The van der Waals surface area contributed by atoms with Gasteiger partial charge in [-0.1, -0.05) is 231 Å². The van der Waals surface area contributed by atoms with Crippen LogP contribution < -0.4 is 0 Å². The van der Waals surface area contributed by atoms with Gasteiger partial charge in [-0.3, -0.25) is 14.4 Å². The van der Waals surface area contributed by atoms with E-state index in [0.717, 1.165) is 83.5 Å². The van der Waals surface area contributed by atoms with Crippen LogP contribution in [0.2, 0.25) is 0 Å². The number of unbranched alkanes of at least 4 members (excludes halogenated alkanes) is 29. The van der Waals surface area contributed by atoms with Crippen LogP contribution in [0.25, 0.3) is 0 Å². The van der Waals surface area contributed by atoms with Gasteiger partial charge in [0.15, 0.2) is 6.10 Å². The highest BCUT2D eigenvalue weighted by atomic mass is 16.6. The Labute approximate surface area is 365 Å². The van der Waals surface area contributed by atoms with Crippen molar-refractivity contribution in [3.63, 3.8) is 0 Å². The topological polar surface area (TPSA) is 78.9 Å². The Kier molecular flexibility index (Phi) is 46.4. The highest BCUT2D eigenvalue weighted by Crippen LogP contribution is 2.16. The number of allylic oxidation sites excluding steroid dienone is 6. The maximum atomic E-state index is 12.8. The van der Waals surface area contributed by atoms with Gasteiger partial charge in [0.2, 0.25) is 0 Å². The molecule has 0 aromatic heterocycles. The molecule has 6 nitrogen and oxygen atoms in total. The summed E-state index contributed by atoms with van der Waals surface area (Å²) >= 11 is 0. The molecule has 1 unspecified atom stereocenters. The molecule has 0 heterocycles. The Morgan fingerprint density at radius 2 is 0.661 bits per heavy atom. The summed E-state index contributed by atoms with van der Waals surface area (Å²) in [6.45, 7) is 6.52. The fourth-order valence-electron chi connectivity index (χ4n) is 7.34. The van der Waals surface area contributed by atoms with E-state index in [1.54, 1.807) is 0 Å². The predicted molar refractivity (Wildman–Crippen MR) is 252 cm³/mol. The van der Waals surface area contributed by atoms with Gasteiger partial charge in [-0.15, -0.1) is 0 Å². The van der Waals surface area contributed by atoms with Crippen molar-refractivity contribution in [1.29, 1.82) is 0 Å². The molecule has 0 aromatic rings. The van der Waals surface area contributed by atoms with E-state index in [1.807, 2.05) is 0 Å². The smallest absolute Gasteiger partial charge is 0.306 e. The molecule has 0 aliphatic heterocycles. The van der Waals surface area contributed by atoms with E-state index >= 15 is 0 Å². The average Bonchev–Trinajstić information content (AvgIpc) is 3.23. The Bertz CT molecular complexity index is 1000. The van der Waals surface area contributed by atoms with Gasteiger partial charge in [-0.05, 0) is 51.4 Å². The molecule has 0 rings (SSSR count). The van der Waals surface area contributed by atoms with Gasteiger partial charge < -0.3 is 14.2 Å². The molecule has 0 N–H and O–H groups in total. The van der Waals surface area contributed by atoms with E-state index in [4.69, 9.17) is 14.2 Å². The lowest BCUT2D eigenvalue weighted by Crippen LogP contribution is -2.30. The molecule has 0 bridgehead atoms. The van der Waals surface area contributed by atoms with Crippen molar-refractivity contribution in [2.75, 3.05) is 13.2 Å². The number of esters is 3. The van der Waals surface area contributed by atoms with Gasteiger partial charge in [-0.2, -0.15) is 0 Å². The summed E-state index contributed by atoms with van der Waals surface area (Å²) in [6.07, 6.45) is 55.5. The van der Waals surface area contributed by atoms with Gasteiger partial charge in [0.1, 0.15) is 13.2 Å². The largest absolute Gasteiger partial charge is 0.462 e. The first-order valence-corrected chi connectivity index (χ1v) is 25.5. The SMILES string of the molecule is CC/C=C\C/C=C\C/C=C\CCCCCC(=O)OC(COC(=O)CCCCCCCCCCCCCCC)COC(=O)CCCCCCCCCCCCCCCCC. The average molecular weight is 829 g/mol. The van der Waals surface area contributed by atoms with Gasteiger partial charge in [-0.25, -0.2) is 0 Å². The number of carbonyl (C=O) groups is 3. The Balaban J connectivity index is 4.37. The summed E-state index contributed by atoms with van der Waals surface area (Å²) in [5.41, 5.74) is 0. The fourth-order valence-corrected chi connectivity index (χ4v) is 7.34. The van der Waals surface area contributed by atoms with E-state index in [1.165, 1.54) is 141 Å². The van der Waals surface area contributed by atoms with Crippen LogP contribution in [-0.2, 0) is 28.6 Å². The number of ether oxygens (including phenoxy) is 3. The molecule has 344 valence electrons. The zero-order chi connectivity index (χ0) is 43.0. The molecule has 0 amide bonds. The lowest BCUT2D eigenvalue weighted by molar-refractivity contribution is -0.167. The molecule has 0 aliphatic carbocycles. The number of hydrogen-bond acceptors (Lipinski definition) is 6. The minimum atomic E-state index is -0.781. The third kappa shape index (κ3) is 46.5. The zero-order valence-corrected chi connectivity index (χ0v) is 39.3. The molecule has 1 atom stereocenters. The van der Waals surface area contributed by atoms with E-state index in [-0.39, 0.29) is 31.1 Å². The normalized spacial score (nSPS) is 12.3. The van der Waals surface area contributed by atoms with Crippen LogP contribution in [0.5, 0.6) is 0 Å². The van der Waals surface area contributed by atoms with Crippen LogP contribution in [0.3, 0.4) is 0 Å². The number of rotatable bonds is 46. The van der Waals surface area contributed by atoms with Crippen LogP contribution in [0.1, 0.15) is 265 Å². The van der Waals surface area contributed by atoms with Crippen molar-refractivity contribution < 1.29 is 28.6 Å². The molecule has 0 saturated heterocycles. The minimum absolute atomic E-state index is 0.0799. The van der Waals surface area contributed by atoms with Crippen molar-refractivity contribution in [3.05, 3.63) is 36.5 Å². The lowest BCUT2D eigenvalue weighted by atomic mass is 10.0. The summed E-state index contributed by atoms with van der Waals surface area (Å²) in [5.74, 6) is -0.898. The maximum Gasteiger partial charge on any atom is 0.306 e. The Morgan fingerprint density at radius 1 is 0.356 bits per heavy atom. The van der Waals surface area contributed by atoms with Gasteiger partial charge in [0.05, 0.1) is 0 Å². The minimum Gasteiger partial charge on any atom is -0.462 e. The molecule has 0 saturated carbocycles. The monoisotopic (exact) mass is 829 g/mol. The molecule has 6 heteroatoms. The molecule has 0 aliphatic rings. The van der Waals surface area contributed by atoms with Gasteiger partial charge >= 0.3 is 17.9 Å². The van der Waals surface area contributed by atoms with E-state index in [2.05, 4.69) is 57.2 Å². The first-order chi connectivity index (χ1) is 29.0. The summed E-state index contributed by atoms with van der Waals surface area (Å²) in [5, 5.41) is 0. The van der Waals surface area contributed by atoms with Crippen molar-refractivity contribution in [2.24, 2.45) is 0 Å². The second-order valence-electron chi connectivity index (χ2n) is 17.1. The van der Waals surface area contributed by atoms with Crippen LogP contribution >= 0.6 is 0 Å². The molecule has 0 aromatic carbocycles. The predicted octanol–water partition coefficient (Wildman–Crippen LogP) is 16.5. The number of hydrogen-bond donors (Lipinski definition) is 0. The van der Waals surface area contributed by atoms with Gasteiger partial charge in [0.25, 0.3) is 0 Å². The Hall–Kier alpha value is -2.37. The molecular formula is C53H96O6. The zero-order valence-electron chi connectivity index (χ0n) is 39.3. The first-order valence-electron chi connectivity index (χ1n) is 25.5. The Morgan fingerprint density at radius 3 is 1.03 bits per heavy atom. The van der Waals surface area contributed by atoms with E-state index in [9.17, 15) is 14.4 Å². The quantitative estimate of drug-likeness (QED) is 0.0263. The molecule has 59 heavy (non-hydrogen) atoms. The first kappa shape index (κ1) is 56.6. The summed E-state index contributed by atoms with van der Waals surface area (Å²) < 4.78 is 16.8. The summed E-state index contributed by atoms with van der Waals surface area (Å²) in [4.78, 5) is 37.9. The molecular weight excluding hydrogens is 733 g/mol. The van der Waals surface area contributed by atoms with Crippen LogP contribution in [0, 0.1) is 0 Å². The summed E-state index contributed by atoms with van der Waals surface area (Å²) in [7, 11) is 0. The fraction of sp³-hybridized carbons (Fsp3) is 0.830. The van der Waals surface area contributed by atoms with Crippen molar-refractivity contribution >= 4 is 17.9 Å². The third-order valence-electron chi connectivity index (χ3n) is 11.2. The van der Waals surface area contributed by atoms with Gasteiger partial charge in [0, 0.05) is 19.3 Å². The van der Waals surface area contributed by atoms with Crippen molar-refractivity contribution in [3.8, 4) is 0 Å². The summed E-state index contributed by atoms with van der Waals surface area (Å²) in [6, 6.07) is 0. The van der Waals surface area contributed by atoms with Crippen LogP contribution in [-0.4, -0.2) is 37.2 Å². The number of carbonyl (C=O) groups excluding carboxylic acids is 3. The second-order valence-corrected chi connectivity index (χ2v) is 17.1. The second kappa shape index (κ2) is 48.3. The van der Waals surface area contributed by atoms with E-state index < -0.39 is 6.10 Å². The van der Waals surface area contributed by atoms with Crippen LogP contribution in [0.15, 0.2) is 36.5 Å². The van der Waals surface area contributed by atoms with Crippen LogP contribution in [0.4, 0.5) is 0 Å². The highest BCUT2D eigenvalue weighted by molar-refractivity contribution is 5.71.